The molecule has 0 saturated heterocycles. The normalized spacial score (nSPS) is 11.6. The van der Waals surface area contributed by atoms with Gasteiger partial charge < -0.3 is 4.57 Å². The third kappa shape index (κ3) is 4.14. The van der Waals surface area contributed by atoms with Crippen LogP contribution in [0, 0.1) is 11.6 Å². The Kier molecular flexibility index (Phi) is 5.43. The number of rotatable bonds is 7. The molecule has 8 heteroatoms. The summed E-state index contributed by atoms with van der Waals surface area (Å²) in [6.45, 7) is 0.614. The lowest BCUT2D eigenvalue weighted by molar-refractivity contribution is 0.541. The molecule has 0 amide bonds. The number of nitrogens with zero attached hydrogens (tertiary/aromatic N) is 2. The second kappa shape index (κ2) is 7.76. The molecule has 0 aliphatic heterocycles. The summed E-state index contributed by atoms with van der Waals surface area (Å²) in [4.78, 5) is 3.63. The lowest BCUT2D eigenvalue weighted by Gasteiger charge is -2.10. The number of hydrogen-bond acceptors (Lipinski definition) is 3. The first kappa shape index (κ1) is 18.2. The summed E-state index contributed by atoms with van der Waals surface area (Å²) < 4.78 is 55.3. The molecule has 3 aromatic rings. The van der Waals surface area contributed by atoms with Crippen LogP contribution in [0.2, 0.25) is 0 Å². The van der Waals surface area contributed by atoms with Crippen LogP contribution in [0.15, 0.2) is 65.8 Å². The third-order valence-electron chi connectivity index (χ3n) is 3.80. The van der Waals surface area contributed by atoms with Crippen LogP contribution < -0.4 is 4.72 Å². The average molecular weight is 377 g/mol. The second-order valence-electron chi connectivity index (χ2n) is 5.64. The molecule has 2 aromatic carbocycles. The van der Waals surface area contributed by atoms with E-state index in [9.17, 15) is 17.2 Å². The average Bonchev–Trinajstić information content (AvgIpc) is 3.10. The topological polar surface area (TPSA) is 64.0 Å². The molecule has 5 nitrogen and oxygen atoms in total. The second-order valence-corrected chi connectivity index (χ2v) is 7.37. The molecule has 0 saturated carbocycles. The quantitative estimate of drug-likeness (QED) is 0.643. The summed E-state index contributed by atoms with van der Waals surface area (Å²) in [6, 6.07) is 12.0. The highest BCUT2D eigenvalue weighted by Gasteiger charge is 2.19. The van der Waals surface area contributed by atoms with Gasteiger partial charge >= 0.3 is 0 Å². The zero-order valence-electron chi connectivity index (χ0n) is 13.8. The lowest BCUT2D eigenvalue weighted by Crippen LogP contribution is -2.26. The summed E-state index contributed by atoms with van der Waals surface area (Å²) in [5.41, 5.74) is 0.958. The zero-order chi connectivity index (χ0) is 18.6. The molecule has 0 spiro atoms. The Bertz CT molecular complexity index is 989. The van der Waals surface area contributed by atoms with E-state index in [1.165, 1.54) is 0 Å². The van der Waals surface area contributed by atoms with Crippen molar-refractivity contribution in [2.45, 2.75) is 17.9 Å². The largest absolute Gasteiger partial charge is 0.331 e. The van der Waals surface area contributed by atoms with Gasteiger partial charge in [-0.3, -0.25) is 0 Å². The van der Waals surface area contributed by atoms with Gasteiger partial charge in [-0.2, -0.15) is 0 Å². The van der Waals surface area contributed by atoms with Gasteiger partial charge in [-0.15, -0.1) is 0 Å². The summed E-state index contributed by atoms with van der Waals surface area (Å²) in [6.07, 6.45) is 3.95. The van der Waals surface area contributed by atoms with Crippen LogP contribution in [0.4, 0.5) is 8.78 Å². The van der Waals surface area contributed by atoms with Gasteiger partial charge in [-0.1, -0.05) is 30.3 Å². The molecule has 0 unspecified atom stereocenters. The first-order chi connectivity index (χ1) is 12.5. The highest BCUT2D eigenvalue weighted by molar-refractivity contribution is 7.89. The minimum Gasteiger partial charge on any atom is -0.331 e. The van der Waals surface area contributed by atoms with Gasteiger partial charge in [-0.25, -0.2) is 26.9 Å². The number of hydrogen-bond donors (Lipinski definition) is 1. The number of nitrogens with one attached hydrogen (secondary N) is 1. The summed E-state index contributed by atoms with van der Waals surface area (Å²) >= 11 is 0. The lowest BCUT2D eigenvalue weighted by atomic mass is 10.2. The van der Waals surface area contributed by atoms with E-state index in [0.717, 1.165) is 23.5 Å². The Labute approximate surface area is 150 Å². The van der Waals surface area contributed by atoms with Crippen molar-refractivity contribution >= 4 is 10.0 Å². The fourth-order valence-corrected chi connectivity index (χ4v) is 3.72. The maximum Gasteiger partial charge on any atom is 0.243 e. The van der Waals surface area contributed by atoms with Crippen LogP contribution in [-0.2, 0) is 16.6 Å². The van der Waals surface area contributed by atoms with E-state index in [1.54, 1.807) is 6.20 Å². The van der Waals surface area contributed by atoms with Crippen molar-refractivity contribution < 1.29 is 17.2 Å². The monoisotopic (exact) mass is 377 g/mol. The molecule has 0 bridgehead atoms. The fraction of sp³-hybridized carbons (Fsp3) is 0.167. The smallest absolute Gasteiger partial charge is 0.243 e. The number of halogens is 2. The van der Waals surface area contributed by atoms with Gasteiger partial charge in [0, 0.05) is 31.0 Å². The zero-order valence-corrected chi connectivity index (χ0v) is 14.6. The number of imidazole rings is 1. The van der Waals surface area contributed by atoms with Crippen LogP contribution in [-0.4, -0.2) is 24.5 Å². The van der Waals surface area contributed by atoms with Gasteiger partial charge in [0.1, 0.15) is 22.4 Å². The van der Waals surface area contributed by atoms with Gasteiger partial charge in [0.25, 0.3) is 0 Å². The Morgan fingerprint density at radius 1 is 1.08 bits per heavy atom. The molecule has 0 aliphatic carbocycles. The van der Waals surface area contributed by atoms with E-state index in [2.05, 4.69) is 9.71 Å². The minimum atomic E-state index is -4.11. The van der Waals surface area contributed by atoms with Gasteiger partial charge in [0.05, 0.1) is 0 Å². The van der Waals surface area contributed by atoms with Crippen molar-refractivity contribution in [1.29, 1.82) is 0 Å². The van der Waals surface area contributed by atoms with Gasteiger partial charge in [-0.05, 0) is 24.6 Å². The molecule has 1 aromatic heterocycles. The molecule has 1 heterocycles. The van der Waals surface area contributed by atoms with Crippen molar-refractivity contribution in [2.75, 3.05) is 6.54 Å². The molecular weight excluding hydrogens is 360 g/mol. The van der Waals surface area contributed by atoms with Crippen LogP contribution >= 0.6 is 0 Å². The number of benzene rings is 2. The van der Waals surface area contributed by atoms with Crippen LogP contribution in [0.3, 0.4) is 0 Å². The Balaban J connectivity index is 1.61. The molecule has 0 radical (unpaired) electrons. The number of aromatic nitrogens is 2. The van der Waals surface area contributed by atoms with Crippen molar-refractivity contribution in [1.82, 2.24) is 14.3 Å². The Hall–Kier alpha value is -2.58. The Morgan fingerprint density at radius 3 is 2.62 bits per heavy atom. The Morgan fingerprint density at radius 2 is 1.85 bits per heavy atom. The summed E-state index contributed by atoms with van der Waals surface area (Å²) in [5.74, 6) is -1.01. The highest BCUT2D eigenvalue weighted by atomic mass is 32.2. The first-order valence-corrected chi connectivity index (χ1v) is 9.47. The predicted molar refractivity (Wildman–Crippen MR) is 93.8 cm³/mol. The summed E-state index contributed by atoms with van der Waals surface area (Å²) in [5, 5.41) is 0. The molecule has 0 atom stereocenters. The highest BCUT2D eigenvalue weighted by Crippen LogP contribution is 2.18. The van der Waals surface area contributed by atoms with Crippen molar-refractivity contribution in [3.63, 3.8) is 0 Å². The van der Waals surface area contributed by atoms with Crippen LogP contribution in [0.1, 0.15) is 6.42 Å². The van der Waals surface area contributed by atoms with E-state index < -0.39 is 26.6 Å². The SMILES string of the molecule is O=S(=O)(NCCCn1ccnc1-c1ccccc1)c1cc(F)ccc1F. The maximum atomic E-state index is 13.6. The molecule has 3 rings (SSSR count). The molecule has 0 fully saturated rings. The minimum absolute atomic E-state index is 0.0880. The molecule has 0 aliphatic rings. The van der Waals surface area contributed by atoms with Gasteiger partial charge in [0.2, 0.25) is 10.0 Å². The number of aryl methyl sites for hydroxylation is 1. The molecule has 136 valence electrons. The van der Waals surface area contributed by atoms with E-state index >= 15 is 0 Å². The van der Waals surface area contributed by atoms with E-state index in [0.29, 0.717) is 19.0 Å². The van der Waals surface area contributed by atoms with Crippen LogP contribution in [0.25, 0.3) is 11.4 Å². The standard InChI is InChI=1S/C18H17F2N3O2S/c19-15-7-8-16(20)17(13-15)26(24,25)22-9-4-11-23-12-10-21-18(23)14-5-2-1-3-6-14/h1-3,5-8,10,12-13,22H,4,9,11H2. The molecule has 1 N–H and O–H groups in total. The van der Waals surface area contributed by atoms with Crippen LogP contribution in [0.5, 0.6) is 0 Å². The first-order valence-electron chi connectivity index (χ1n) is 7.98. The summed E-state index contributed by atoms with van der Waals surface area (Å²) in [7, 11) is -4.11. The molecular formula is C18H17F2N3O2S. The van der Waals surface area contributed by atoms with Crippen molar-refractivity contribution in [3.8, 4) is 11.4 Å². The predicted octanol–water partition coefficient (Wildman–Crippen LogP) is 3.20. The third-order valence-corrected chi connectivity index (χ3v) is 5.27. The fourth-order valence-electron chi connectivity index (χ4n) is 2.55. The van der Waals surface area contributed by atoms with Crippen molar-refractivity contribution in [2.24, 2.45) is 0 Å². The number of sulfonamides is 1. The molecule has 26 heavy (non-hydrogen) atoms. The van der Waals surface area contributed by atoms with E-state index in [1.807, 2.05) is 41.1 Å². The van der Waals surface area contributed by atoms with E-state index in [4.69, 9.17) is 0 Å². The van der Waals surface area contributed by atoms with Gasteiger partial charge in [0.15, 0.2) is 0 Å². The maximum absolute atomic E-state index is 13.6. The van der Waals surface area contributed by atoms with E-state index in [-0.39, 0.29) is 6.54 Å². The van der Waals surface area contributed by atoms with Crippen molar-refractivity contribution in [3.05, 3.63) is 72.6 Å².